The van der Waals surface area contributed by atoms with E-state index in [1.165, 1.54) is 18.0 Å². The minimum atomic E-state index is 0.428. The summed E-state index contributed by atoms with van der Waals surface area (Å²) in [5, 5.41) is 10.0. The number of nitrogens with two attached hydrogens (primary N) is 1. The molecule has 0 fully saturated rings. The standard InChI is InChI=1S/C10H7N5S/c11-5-7-4-8(12)6-15-9(7)16-10-13-2-1-3-14-10/h1-4,6H,12H2. The van der Waals surface area contributed by atoms with Crippen molar-refractivity contribution in [2.75, 3.05) is 5.73 Å². The van der Waals surface area contributed by atoms with Gasteiger partial charge in [0.1, 0.15) is 11.1 Å². The number of pyridine rings is 1. The summed E-state index contributed by atoms with van der Waals surface area (Å²) in [6.45, 7) is 0. The van der Waals surface area contributed by atoms with Crippen molar-refractivity contribution >= 4 is 17.4 Å². The van der Waals surface area contributed by atoms with Crippen LogP contribution in [0.1, 0.15) is 5.56 Å². The zero-order valence-corrected chi connectivity index (χ0v) is 8.98. The fraction of sp³-hybridized carbons (Fsp3) is 0. The van der Waals surface area contributed by atoms with E-state index in [4.69, 9.17) is 11.0 Å². The maximum absolute atomic E-state index is 8.92. The molecular formula is C10H7N5S. The van der Waals surface area contributed by atoms with E-state index in [1.807, 2.05) is 6.07 Å². The molecule has 2 aromatic rings. The highest BCUT2D eigenvalue weighted by atomic mass is 32.2. The van der Waals surface area contributed by atoms with Gasteiger partial charge in [-0.2, -0.15) is 5.26 Å². The van der Waals surface area contributed by atoms with Gasteiger partial charge in [-0.1, -0.05) is 0 Å². The van der Waals surface area contributed by atoms with Crippen molar-refractivity contribution in [1.29, 1.82) is 5.26 Å². The van der Waals surface area contributed by atoms with Gasteiger partial charge < -0.3 is 5.73 Å². The van der Waals surface area contributed by atoms with Gasteiger partial charge in [-0.3, -0.25) is 0 Å². The molecule has 0 spiro atoms. The van der Waals surface area contributed by atoms with Crippen LogP contribution in [0.15, 0.2) is 40.9 Å². The van der Waals surface area contributed by atoms with Gasteiger partial charge in [-0.15, -0.1) is 0 Å². The quantitative estimate of drug-likeness (QED) is 0.784. The van der Waals surface area contributed by atoms with Gasteiger partial charge in [0, 0.05) is 12.4 Å². The van der Waals surface area contributed by atoms with Crippen LogP contribution < -0.4 is 5.73 Å². The van der Waals surface area contributed by atoms with E-state index in [0.717, 1.165) is 0 Å². The Labute approximate surface area is 96.4 Å². The number of aromatic nitrogens is 3. The minimum absolute atomic E-state index is 0.428. The smallest absolute Gasteiger partial charge is 0.193 e. The molecule has 0 saturated carbocycles. The Hall–Kier alpha value is -2.13. The highest BCUT2D eigenvalue weighted by molar-refractivity contribution is 7.99. The zero-order valence-electron chi connectivity index (χ0n) is 8.16. The highest BCUT2D eigenvalue weighted by Gasteiger charge is 2.07. The fourth-order valence-corrected chi connectivity index (χ4v) is 1.77. The molecule has 2 rings (SSSR count). The Kier molecular flexibility index (Phi) is 2.98. The molecule has 0 saturated heterocycles. The highest BCUT2D eigenvalue weighted by Crippen LogP contribution is 2.25. The lowest BCUT2D eigenvalue weighted by molar-refractivity contribution is 0.959. The van der Waals surface area contributed by atoms with Crippen LogP contribution in [0.25, 0.3) is 0 Å². The third-order valence-corrected chi connectivity index (χ3v) is 2.63. The second-order valence-corrected chi connectivity index (χ2v) is 3.82. The molecule has 0 atom stereocenters. The number of anilines is 1. The summed E-state index contributed by atoms with van der Waals surface area (Å²) in [6, 6.07) is 5.35. The van der Waals surface area contributed by atoms with Crippen molar-refractivity contribution in [3.8, 4) is 6.07 Å². The molecule has 0 aromatic carbocycles. The lowest BCUT2D eigenvalue weighted by Crippen LogP contribution is -1.93. The van der Waals surface area contributed by atoms with E-state index in [9.17, 15) is 0 Å². The molecule has 6 heteroatoms. The van der Waals surface area contributed by atoms with Crippen LogP contribution in [0.5, 0.6) is 0 Å². The third-order valence-electron chi connectivity index (χ3n) is 1.72. The van der Waals surface area contributed by atoms with Gasteiger partial charge in [0.2, 0.25) is 0 Å². The average molecular weight is 229 g/mol. The van der Waals surface area contributed by atoms with Gasteiger partial charge >= 0.3 is 0 Å². The number of nitrogens with zero attached hydrogens (tertiary/aromatic N) is 4. The molecule has 0 aliphatic heterocycles. The zero-order chi connectivity index (χ0) is 11.4. The minimum Gasteiger partial charge on any atom is -0.397 e. The van der Waals surface area contributed by atoms with Crippen LogP contribution in [-0.2, 0) is 0 Å². The monoisotopic (exact) mass is 229 g/mol. The molecule has 2 N–H and O–H groups in total. The summed E-state index contributed by atoms with van der Waals surface area (Å²) in [4.78, 5) is 12.2. The molecule has 0 radical (unpaired) electrons. The van der Waals surface area contributed by atoms with E-state index in [1.54, 1.807) is 24.5 Å². The van der Waals surface area contributed by atoms with Crippen LogP contribution in [0.3, 0.4) is 0 Å². The Morgan fingerprint density at radius 2 is 2.00 bits per heavy atom. The number of nitrogen functional groups attached to an aromatic ring is 1. The lowest BCUT2D eigenvalue weighted by Gasteiger charge is -2.01. The van der Waals surface area contributed by atoms with Crippen LogP contribution in [0.2, 0.25) is 0 Å². The van der Waals surface area contributed by atoms with E-state index in [0.29, 0.717) is 21.4 Å². The summed E-state index contributed by atoms with van der Waals surface area (Å²) in [5.74, 6) is 0. The van der Waals surface area contributed by atoms with E-state index < -0.39 is 0 Å². The second kappa shape index (κ2) is 4.59. The maximum atomic E-state index is 8.92. The van der Waals surface area contributed by atoms with Crippen molar-refractivity contribution in [3.63, 3.8) is 0 Å². The molecule has 0 unspecified atom stereocenters. The molecule has 78 valence electrons. The maximum Gasteiger partial charge on any atom is 0.193 e. The second-order valence-electron chi connectivity index (χ2n) is 2.87. The predicted octanol–water partition coefficient (Wildman–Crippen LogP) is 1.48. The molecule has 0 aliphatic rings. The predicted molar refractivity (Wildman–Crippen MR) is 59.5 cm³/mol. The summed E-state index contributed by atoms with van der Waals surface area (Å²) in [7, 11) is 0. The first-order valence-corrected chi connectivity index (χ1v) is 5.22. The summed E-state index contributed by atoms with van der Waals surface area (Å²) < 4.78 is 0. The van der Waals surface area contributed by atoms with Gasteiger partial charge in [0.15, 0.2) is 5.16 Å². The van der Waals surface area contributed by atoms with E-state index in [-0.39, 0.29) is 0 Å². The van der Waals surface area contributed by atoms with Crippen molar-refractivity contribution in [2.24, 2.45) is 0 Å². The lowest BCUT2D eigenvalue weighted by atomic mass is 10.3. The largest absolute Gasteiger partial charge is 0.397 e. The van der Waals surface area contributed by atoms with Gasteiger partial charge in [-0.25, -0.2) is 15.0 Å². The van der Waals surface area contributed by atoms with E-state index >= 15 is 0 Å². The SMILES string of the molecule is N#Cc1cc(N)cnc1Sc1ncccn1. The molecule has 0 bridgehead atoms. The Morgan fingerprint density at radius 3 is 2.69 bits per heavy atom. The molecule has 5 nitrogen and oxygen atoms in total. The first-order chi connectivity index (χ1) is 7.79. The number of rotatable bonds is 2. The Bertz CT molecular complexity index is 535. The van der Waals surface area contributed by atoms with Gasteiger partial charge in [0.05, 0.1) is 17.4 Å². The van der Waals surface area contributed by atoms with Crippen molar-refractivity contribution in [1.82, 2.24) is 15.0 Å². The Balaban J connectivity index is 2.32. The molecule has 2 aromatic heterocycles. The molecule has 0 amide bonds. The summed E-state index contributed by atoms with van der Waals surface area (Å²) >= 11 is 1.24. The van der Waals surface area contributed by atoms with Crippen LogP contribution >= 0.6 is 11.8 Å². The molecule has 0 aliphatic carbocycles. The first-order valence-electron chi connectivity index (χ1n) is 4.40. The first kappa shape index (κ1) is 10.4. The number of hydrogen-bond donors (Lipinski definition) is 1. The molecule has 2 heterocycles. The number of hydrogen-bond acceptors (Lipinski definition) is 6. The third kappa shape index (κ3) is 2.27. The number of nitriles is 1. The van der Waals surface area contributed by atoms with Crippen molar-refractivity contribution in [2.45, 2.75) is 10.2 Å². The van der Waals surface area contributed by atoms with Crippen LogP contribution in [0, 0.1) is 11.3 Å². The van der Waals surface area contributed by atoms with Crippen LogP contribution in [0.4, 0.5) is 5.69 Å². The van der Waals surface area contributed by atoms with Gasteiger partial charge in [-0.05, 0) is 23.9 Å². The summed E-state index contributed by atoms with van der Waals surface area (Å²) in [5.41, 5.74) is 6.44. The van der Waals surface area contributed by atoms with E-state index in [2.05, 4.69) is 15.0 Å². The molecule has 16 heavy (non-hydrogen) atoms. The van der Waals surface area contributed by atoms with Gasteiger partial charge in [0.25, 0.3) is 0 Å². The summed E-state index contributed by atoms with van der Waals surface area (Å²) in [6.07, 6.45) is 4.78. The molecular weight excluding hydrogens is 222 g/mol. The van der Waals surface area contributed by atoms with Crippen LogP contribution in [-0.4, -0.2) is 15.0 Å². The topological polar surface area (TPSA) is 88.5 Å². The van der Waals surface area contributed by atoms with Crippen molar-refractivity contribution in [3.05, 3.63) is 36.3 Å². The van der Waals surface area contributed by atoms with Crippen molar-refractivity contribution < 1.29 is 0 Å². The Morgan fingerprint density at radius 1 is 1.25 bits per heavy atom. The normalized spacial score (nSPS) is 9.69. The fourth-order valence-electron chi connectivity index (χ4n) is 1.05. The average Bonchev–Trinajstić information content (AvgIpc) is 2.33.